The minimum atomic E-state index is 0.0937. The molecule has 152 valence electrons. The quantitative estimate of drug-likeness (QED) is 0.557. The van der Waals surface area contributed by atoms with E-state index in [1.807, 2.05) is 18.2 Å². The topological polar surface area (TPSA) is 51.0 Å². The van der Waals surface area contributed by atoms with Crippen LogP contribution in [0.2, 0.25) is 0 Å². The molecular weight excluding hydrogens is 380 g/mol. The van der Waals surface area contributed by atoms with Crippen LogP contribution in [0.3, 0.4) is 0 Å². The van der Waals surface area contributed by atoms with E-state index in [0.29, 0.717) is 12.6 Å². The number of fused-ring (bicyclic) bond motifs is 3. The average molecular weight is 409 g/mol. The molecule has 3 heterocycles. The molecule has 3 aromatic rings. The van der Waals surface area contributed by atoms with Gasteiger partial charge in [0, 0.05) is 42.3 Å². The number of nitrogens with zero attached hydrogens (tertiary/aromatic N) is 4. The maximum absolute atomic E-state index is 13.2. The van der Waals surface area contributed by atoms with Crippen LogP contribution in [0.1, 0.15) is 36.4 Å². The summed E-state index contributed by atoms with van der Waals surface area (Å²) in [5, 5.41) is 0.843. The van der Waals surface area contributed by atoms with Gasteiger partial charge in [0.15, 0.2) is 0 Å². The normalized spacial score (nSPS) is 16.3. The molecule has 1 aliphatic rings. The van der Waals surface area contributed by atoms with Gasteiger partial charge in [-0.15, -0.1) is 11.3 Å². The molecule has 4 rings (SSSR count). The van der Waals surface area contributed by atoms with Gasteiger partial charge in [-0.2, -0.15) is 0 Å². The van der Waals surface area contributed by atoms with Gasteiger partial charge >= 0.3 is 0 Å². The Labute approximate surface area is 175 Å². The van der Waals surface area contributed by atoms with Gasteiger partial charge in [0.25, 0.3) is 5.56 Å². The Hall–Kier alpha value is -2.31. The number of pyridine rings is 1. The van der Waals surface area contributed by atoms with Gasteiger partial charge in [-0.3, -0.25) is 19.2 Å². The molecule has 0 aliphatic heterocycles. The molecular formula is C23H28N4OS. The fourth-order valence-electron chi connectivity index (χ4n) is 4.28. The summed E-state index contributed by atoms with van der Waals surface area (Å²) in [5.41, 5.74) is 3.52. The molecule has 3 aromatic heterocycles. The second-order valence-corrected chi connectivity index (χ2v) is 9.00. The van der Waals surface area contributed by atoms with Gasteiger partial charge in [0.2, 0.25) is 0 Å². The third-order valence-corrected chi connectivity index (χ3v) is 6.90. The van der Waals surface area contributed by atoms with E-state index in [1.165, 1.54) is 16.0 Å². The summed E-state index contributed by atoms with van der Waals surface area (Å²) >= 11 is 1.70. The van der Waals surface area contributed by atoms with Gasteiger partial charge in [-0.1, -0.05) is 25.1 Å². The van der Waals surface area contributed by atoms with Crippen molar-refractivity contribution in [2.75, 3.05) is 13.1 Å². The van der Waals surface area contributed by atoms with Crippen LogP contribution < -0.4 is 5.56 Å². The average Bonchev–Trinajstić information content (AvgIpc) is 3.10. The van der Waals surface area contributed by atoms with Gasteiger partial charge < -0.3 is 0 Å². The molecule has 0 radical (unpaired) electrons. The molecule has 1 atom stereocenters. The first-order chi connectivity index (χ1) is 14.1. The summed E-state index contributed by atoms with van der Waals surface area (Å²) in [5.74, 6) is 0. The molecule has 0 saturated heterocycles. The summed E-state index contributed by atoms with van der Waals surface area (Å²) in [6.45, 7) is 11.0. The van der Waals surface area contributed by atoms with E-state index in [0.717, 1.165) is 54.7 Å². The van der Waals surface area contributed by atoms with Crippen molar-refractivity contribution in [1.82, 2.24) is 19.4 Å². The lowest BCUT2D eigenvalue weighted by Gasteiger charge is -2.33. The van der Waals surface area contributed by atoms with Crippen molar-refractivity contribution in [3.8, 4) is 0 Å². The van der Waals surface area contributed by atoms with Gasteiger partial charge in [0.05, 0.1) is 11.7 Å². The van der Waals surface area contributed by atoms with Gasteiger partial charge in [0.1, 0.15) is 4.83 Å². The zero-order chi connectivity index (χ0) is 20.4. The maximum atomic E-state index is 13.2. The third-order valence-electron chi connectivity index (χ3n) is 5.74. The SMILES string of the molecule is C=C(C)CN(CC)[C@@H]1CCc2c(sc3ncn(CCc4ccccn4)c(=O)c23)C1. The molecule has 0 fully saturated rings. The molecule has 1 aliphatic carbocycles. The summed E-state index contributed by atoms with van der Waals surface area (Å²) in [4.78, 5) is 26.9. The minimum absolute atomic E-state index is 0.0937. The Morgan fingerprint density at radius 3 is 2.97 bits per heavy atom. The Balaban J connectivity index is 1.59. The summed E-state index contributed by atoms with van der Waals surface area (Å²) in [6.07, 6.45) is 7.26. The molecule has 0 amide bonds. The highest BCUT2D eigenvalue weighted by atomic mass is 32.1. The predicted molar refractivity (Wildman–Crippen MR) is 120 cm³/mol. The number of aromatic nitrogens is 3. The third kappa shape index (κ3) is 4.19. The van der Waals surface area contributed by atoms with Gasteiger partial charge in [-0.25, -0.2) is 4.98 Å². The molecule has 0 saturated carbocycles. The molecule has 0 spiro atoms. The van der Waals surface area contributed by atoms with Gasteiger partial charge in [-0.05, 0) is 50.4 Å². The number of likely N-dealkylation sites (N-methyl/N-ethyl adjacent to an activating group) is 1. The standard InChI is InChI=1S/C23H28N4OS/c1-4-26(14-16(2)3)18-8-9-19-20(13-18)29-22-21(19)23(28)27(15-25-22)12-10-17-7-5-6-11-24-17/h5-7,11,15,18H,2,4,8-10,12-14H2,1,3H3/t18-/m1/s1. The van der Waals surface area contributed by atoms with Crippen molar-refractivity contribution in [3.05, 3.63) is 69.4 Å². The summed E-state index contributed by atoms with van der Waals surface area (Å²) in [7, 11) is 0. The Morgan fingerprint density at radius 2 is 2.24 bits per heavy atom. The number of hydrogen-bond acceptors (Lipinski definition) is 5. The minimum Gasteiger partial charge on any atom is -0.298 e. The lowest BCUT2D eigenvalue weighted by atomic mass is 9.92. The van der Waals surface area contributed by atoms with Crippen LogP contribution in [0.5, 0.6) is 0 Å². The largest absolute Gasteiger partial charge is 0.298 e. The Kier molecular flexibility index (Phi) is 5.92. The highest BCUT2D eigenvalue weighted by molar-refractivity contribution is 7.18. The van der Waals surface area contributed by atoms with Crippen molar-refractivity contribution < 1.29 is 0 Å². The first-order valence-corrected chi connectivity index (χ1v) is 11.2. The van der Waals surface area contributed by atoms with Crippen LogP contribution in [0.15, 0.2) is 47.7 Å². The van der Waals surface area contributed by atoms with Crippen molar-refractivity contribution >= 4 is 21.6 Å². The lowest BCUT2D eigenvalue weighted by molar-refractivity contribution is 0.206. The van der Waals surface area contributed by atoms with E-state index in [2.05, 4.69) is 35.3 Å². The second-order valence-electron chi connectivity index (χ2n) is 7.91. The smallest absolute Gasteiger partial charge is 0.262 e. The highest BCUT2D eigenvalue weighted by Gasteiger charge is 2.28. The molecule has 0 aromatic carbocycles. The molecule has 0 bridgehead atoms. The molecule has 0 N–H and O–H groups in total. The monoisotopic (exact) mass is 408 g/mol. The maximum Gasteiger partial charge on any atom is 0.262 e. The zero-order valence-corrected chi connectivity index (χ0v) is 18.0. The van der Waals surface area contributed by atoms with E-state index < -0.39 is 0 Å². The molecule has 6 heteroatoms. The predicted octanol–water partition coefficient (Wildman–Crippen LogP) is 3.85. The number of aryl methyl sites for hydroxylation is 3. The van der Waals surface area contributed by atoms with E-state index in [9.17, 15) is 4.79 Å². The van der Waals surface area contributed by atoms with Crippen LogP contribution >= 0.6 is 11.3 Å². The molecule has 5 nitrogen and oxygen atoms in total. The van der Waals surface area contributed by atoms with E-state index >= 15 is 0 Å². The van der Waals surface area contributed by atoms with E-state index in [1.54, 1.807) is 28.4 Å². The fourth-order valence-corrected chi connectivity index (χ4v) is 5.53. The van der Waals surface area contributed by atoms with E-state index in [4.69, 9.17) is 0 Å². The van der Waals surface area contributed by atoms with Crippen LogP contribution in [-0.4, -0.2) is 38.6 Å². The molecule has 0 unspecified atom stereocenters. The van der Waals surface area contributed by atoms with Crippen molar-refractivity contribution in [2.45, 2.75) is 52.1 Å². The Morgan fingerprint density at radius 1 is 1.38 bits per heavy atom. The fraction of sp³-hybridized carbons (Fsp3) is 0.435. The van der Waals surface area contributed by atoms with Crippen molar-refractivity contribution in [3.63, 3.8) is 0 Å². The van der Waals surface area contributed by atoms with Crippen LogP contribution in [0.25, 0.3) is 10.2 Å². The van der Waals surface area contributed by atoms with E-state index in [-0.39, 0.29) is 5.56 Å². The number of rotatable bonds is 7. The zero-order valence-electron chi connectivity index (χ0n) is 17.2. The highest BCUT2D eigenvalue weighted by Crippen LogP contribution is 2.35. The first kappa shape index (κ1) is 20.0. The first-order valence-electron chi connectivity index (χ1n) is 10.3. The molecule has 29 heavy (non-hydrogen) atoms. The summed E-state index contributed by atoms with van der Waals surface area (Å²) < 4.78 is 1.75. The second kappa shape index (κ2) is 8.59. The van der Waals surface area contributed by atoms with Crippen LogP contribution in [0, 0.1) is 0 Å². The number of hydrogen-bond donors (Lipinski definition) is 0. The van der Waals surface area contributed by atoms with Crippen LogP contribution in [0.4, 0.5) is 0 Å². The van der Waals surface area contributed by atoms with Crippen molar-refractivity contribution in [2.24, 2.45) is 0 Å². The number of thiophene rings is 1. The lowest BCUT2D eigenvalue weighted by Crippen LogP contribution is -2.39. The summed E-state index contributed by atoms with van der Waals surface area (Å²) in [6, 6.07) is 6.40. The van der Waals surface area contributed by atoms with Crippen molar-refractivity contribution in [1.29, 1.82) is 0 Å². The van der Waals surface area contributed by atoms with Crippen LogP contribution in [-0.2, 0) is 25.8 Å². The Bertz CT molecular complexity index is 1070.